The van der Waals surface area contributed by atoms with E-state index in [4.69, 9.17) is 5.73 Å². The van der Waals surface area contributed by atoms with E-state index in [-0.39, 0.29) is 12.3 Å². The molecule has 0 aliphatic carbocycles. The second-order valence-corrected chi connectivity index (χ2v) is 3.78. The van der Waals surface area contributed by atoms with Crippen molar-refractivity contribution < 1.29 is 4.79 Å². The van der Waals surface area contributed by atoms with E-state index in [1.54, 1.807) is 10.6 Å². The van der Waals surface area contributed by atoms with E-state index in [0.717, 1.165) is 10.1 Å². The van der Waals surface area contributed by atoms with Crippen LogP contribution in [0.5, 0.6) is 0 Å². The third-order valence-corrected chi connectivity index (χ3v) is 2.39. The van der Waals surface area contributed by atoms with E-state index < -0.39 is 0 Å². The Hall–Kier alpha value is -1.20. The van der Waals surface area contributed by atoms with Crippen molar-refractivity contribution in [2.45, 2.75) is 0 Å². The molecule has 0 saturated carbocycles. The molecule has 2 heterocycles. The molecule has 0 radical (unpaired) electrons. The van der Waals surface area contributed by atoms with Gasteiger partial charge >= 0.3 is 0 Å². The number of ketones is 1. The molecular weight excluding hydrogens is 246 g/mol. The third kappa shape index (κ3) is 1.56. The Bertz CT molecular complexity index is 492. The summed E-state index contributed by atoms with van der Waals surface area (Å²) in [5.41, 5.74) is 6.39. The fraction of sp³-hybridized carbons (Fsp3) is 0.111. The smallest absolute Gasteiger partial charge is 0.196 e. The first-order valence-electron chi connectivity index (χ1n) is 4.08. The number of pyridine rings is 1. The minimum absolute atomic E-state index is 0.00888. The predicted octanol–water partition coefficient (Wildman–Crippen LogP) is 1.24. The van der Waals surface area contributed by atoms with Crippen LogP contribution in [-0.2, 0) is 0 Å². The molecule has 0 aromatic carbocycles. The highest BCUT2D eigenvalue weighted by Crippen LogP contribution is 2.13. The van der Waals surface area contributed by atoms with Crippen molar-refractivity contribution in [1.82, 2.24) is 9.38 Å². The third-order valence-electron chi connectivity index (χ3n) is 1.89. The topological polar surface area (TPSA) is 60.4 Å². The minimum Gasteiger partial charge on any atom is -0.324 e. The monoisotopic (exact) mass is 253 g/mol. The highest BCUT2D eigenvalue weighted by molar-refractivity contribution is 9.10. The fourth-order valence-electron chi connectivity index (χ4n) is 1.20. The zero-order valence-corrected chi connectivity index (χ0v) is 8.86. The van der Waals surface area contributed by atoms with Crippen LogP contribution in [0.2, 0.25) is 0 Å². The van der Waals surface area contributed by atoms with Crippen molar-refractivity contribution in [3.63, 3.8) is 0 Å². The highest BCUT2D eigenvalue weighted by atomic mass is 79.9. The van der Waals surface area contributed by atoms with Gasteiger partial charge in [0.05, 0.1) is 6.54 Å². The van der Waals surface area contributed by atoms with Crippen LogP contribution >= 0.6 is 15.9 Å². The van der Waals surface area contributed by atoms with Gasteiger partial charge in [-0.15, -0.1) is 0 Å². The van der Waals surface area contributed by atoms with Gasteiger partial charge < -0.3 is 10.1 Å². The number of nitrogens with two attached hydrogens (primary N) is 1. The number of fused-ring (bicyclic) bond motifs is 1. The first-order valence-corrected chi connectivity index (χ1v) is 4.87. The van der Waals surface area contributed by atoms with Crippen molar-refractivity contribution in [3.05, 3.63) is 34.7 Å². The molecule has 0 bridgehead atoms. The average Bonchev–Trinajstić information content (AvgIpc) is 2.59. The molecule has 0 aliphatic rings. The molecule has 4 nitrogen and oxygen atoms in total. The van der Waals surface area contributed by atoms with Gasteiger partial charge in [-0.3, -0.25) is 4.79 Å². The number of Topliss-reactive ketones (excluding diaryl/α,β-unsaturated/α-hetero) is 1. The number of hydrogen-bond donors (Lipinski definition) is 1. The minimum atomic E-state index is -0.148. The maximum atomic E-state index is 11.3. The lowest BCUT2D eigenvalue weighted by Crippen LogP contribution is -2.13. The van der Waals surface area contributed by atoms with Crippen LogP contribution in [0.15, 0.2) is 29.0 Å². The first kappa shape index (κ1) is 9.36. The van der Waals surface area contributed by atoms with Crippen molar-refractivity contribution in [3.8, 4) is 0 Å². The molecule has 72 valence electrons. The Labute approximate surface area is 88.9 Å². The van der Waals surface area contributed by atoms with Crippen molar-refractivity contribution in [2.24, 2.45) is 5.73 Å². The van der Waals surface area contributed by atoms with Gasteiger partial charge in [0.15, 0.2) is 5.78 Å². The second kappa shape index (κ2) is 3.51. The summed E-state index contributed by atoms with van der Waals surface area (Å²) in [5, 5.41) is 0. The maximum absolute atomic E-state index is 11.3. The van der Waals surface area contributed by atoms with Crippen molar-refractivity contribution >= 4 is 27.4 Å². The number of imidazole rings is 1. The summed E-state index contributed by atoms with van der Waals surface area (Å²) >= 11 is 3.33. The molecule has 0 amide bonds. The summed E-state index contributed by atoms with van der Waals surface area (Å²) in [6.45, 7) is -0.00888. The molecule has 0 saturated heterocycles. The molecule has 0 atom stereocenters. The molecule has 2 aromatic heterocycles. The number of hydrogen-bond acceptors (Lipinski definition) is 3. The van der Waals surface area contributed by atoms with Gasteiger partial charge in [-0.2, -0.15) is 0 Å². The molecule has 0 spiro atoms. The maximum Gasteiger partial charge on any atom is 0.196 e. The van der Waals surface area contributed by atoms with E-state index in [1.165, 1.54) is 0 Å². The summed E-state index contributed by atoms with van der Waals surface area (Å²) < 4.78 is 2.72. The van der Waals surface area contributed by atoms with Crippen molar-refractivity contribution in [1.29, 1.82) is 0 Å². The predicted molar refractivity (Wildman–Crippen MR) is 56.3 cm³/mol. The molecule has 0 fully saturated rings. The lowest BCUT2D eigenvalue weighted by atomic mass is 10.3. The van der Waals surface area contributed by atoms with Gasteiger partial charge in [0, 0.05) is 16.9 Å². The van der Waals surface area contributed by atoms with Crippen LogP contribution in [0.1, 0.15) is 10.5 Å². The van der Waals surface area contributed by atoms with Gasteiger partial charge in [0.2, 0.25) is 0 Å². The van der Waals surface area contributed by atoms with Gasteiger partial charge in [-0.05, 0) is 12.1 Å². The Kier molecular flexibility index (Phi) is 2.35. The second-order valence-electron chi connectivity index (χ2n) is 2.86. The number of carbonyl (C=O) groups is 1. The lowest BCUT2D eigenvalue weighted by Gasteiger charge is -1.91. The normalized spacial score (nSPS) is 10.7. The summed E-state index contributed by atoms with van der Waals surface area (Å²) in [6, 6.07) is 3.72. The van der Waals surface area contributed by atoms with Crippen LogP contribution < -0.4 is 5.73 Å². The largest absolute Gasteiger partial charge is 0.324 e. The van der Waals surface area contributed by atoms with Gasteiger partial charge in [-0.1, -0.05) is 15.9 Å². The Morgan fingerprint density at radius 3 is 3.14 bits per heavy atom. The highest BCUT2D eigenvalue weighted by Gasteiger charge is 2.08. The van der Waals surface area contributed by atoms with Crippen molar-refractivity contribution in [2.75, 3.05) is 6.54 Å². The first-order chi connectivity index (χ1) is 6.70. The van der Waals surface area contributed by atoms with E-state index in [0.29, 0.717) is 5.69 Å². The summed E-state index contributed by atoms with van der Waals surface area (Å²) in [5.74, 6) is -0.148. The zero-order valence-electron chi connectivity index (χ0n) is 7.27. The van der Waals surface area contributed by atoms with Crippen LogP contribution in [0.3, 0.4) is 0 Å². The molecule has 2 aromatic rings. The van der Waals surface area contributed by atoms with E-state index in [2.05, 4.69) is 20.9 Å². The molecule has 0 aliphatic heterocycles. The van der Waals surface area contributed by atoms with Crippen LogP contribution in [0.4, 0.5) is 0 Å². The van der Waals surface area contributed by atoms with Gasteiger partial charge in [-0.25, -0.2) is 4.98 Å². The standard InChI is InChI=1S/C9H8BrN3O/c10-6-1-2-13-5-7(8(14)4-11)12-9(13)3-6/h1-3,5H,4,11H2. The van der Waals surface area contributed by atoms with E-state index in [1.807, 2.05) is 18.3 Å². The Morgan fingerprint density at radius 1 is 1.64 bits per heavy atom. The van der Waals surface area contributed by atoms with Gasteiger partial charge in [0.1, 0.15) is 11.3 Å². The molecule has 2 rings (SSSR count). The molecule has 0 unspecified atom stereocenters. The van der Waals surface area contributed by atoms with E-state index >= 15 is 0 Å². The Balaban J connectivity index is 2.56. The SMILES string of the molecule is NCC(=O)c1cn2ccc(Br)cc2n1. The molecule has 5 heteroatoms. The molecule has 14 heavy (non-hydrogen) atoms. The van der Waals surface area contributed by atoms with Gasteiger partial charge in [0.25, 0.3) is 0 Å². The number of aromatic nitrogens is 2. The fourth-order valence-corrected chi connectivity index (χ4v) is 1.52. The average molecular weight is 254 g/mol. The van der Waals surface area contributed by atoms with Crippen LogP contribution in [0, 0.1) is 0 Å². The van der Waals surface area contributed by atoms with E-state index in [9.17, 15) is 4.79 Å². The number of carbonyl (C=O) groups excluding carboxylic acids is 1. The van der Waals surface area contributed by atoms with Crippen LogP contribution in [-0.4, -0.2) is 21.7 Å². The Morgan fingerprint density at radius 2 is 2.43 bits per heavy atom. The number of rotatable bonds is 2. The summed E-state index contributed by atoms with van der Waals surface area (Å²) in [6.07, 6.45) is 3.51. The summed E-state index contributed by atoms with van der Waals surface area (Å²) in [7, 11) is 0. The molecular formula is C9H8BrN3O. The lowest BCUT2D eigenvalue weighted by molar-refractivity contribution is 0.0997. The molecule has 2 N–H and O–H groups in total. The summed E-state index contributed by atoms with van der Waals surface area (Å²) in [4.78, 5) is 15.4. The number of nitrogens with zero attached hydrogens (tertiary/aromatic N) is 2. The quantitative estimate of drug-likeness (QED) is 0.820. The number of halogens is 1. The van der Waals surface area contributed by atoms with Crippen LogP contribution in [0.25, 0.3) is 5.65 Å². The zero-order chi connectivity index (χ0) is 10.1.